The van der Waals surface area contributed by atoms with Gasteiger partial charge in [-0.3, -0.25) is 0 Å². The SMILES string of the molecule is Cc1cc(C(F)F)nn1-c1nc(Cl)ccc1Br. The van der Waals surface area contributed by atoms with Crippen molar-refractivity contribution >= 4 is 27.5 Å². The minimum atomic E-state index is -2.60. The van der Waals surface area contributed by atoms with Crippen molar-refractivity contribution < 1.29 is 8.78 Å². The molecule has 0 saturated carbocycles. The average molecular weight is 323 g/mol. The summed E-state index contributed by atoms with van der Waals surface area (Å²) in [6.45, 7) is 1.67. The minimum absolute atomic E-state index is 0.275. The van der Waals surface area contributed by atoms with E-state index in [9.17, 15) is 8.78 Å². The molecular weight excluding hydrogens is 315 g/mol. The third kappa shape index (κ3) is 2.47. The lowest BCUT2D eigenvalue weighted by molar-refractivity contribution is 0.145. The molecule has 0 radical (unpaired) electrons. The van der Waals surface area contributed by atoms with Crippen LogP contribution in [-0.2, 0) is 0 Å². The first kappa shape index (κ1) is 12.4. The molecule has 2 rings (SSSR count). The van der Waals surface area contributed by atoms with Gasteiger partial charge < -0.3 is 0 Å². The number of pyridine rings is 1. The highest BCUT2D eigenvalue weighted by Gasteiger charge is 2.16. The number of alkyl halides is 2. The Morgan fingerprint density at radius 3 is 2.71 bits per heavy atom. The van der Waals surface area contributed by atoms with E-state index >= 15 is 0 Å². The lowest BCUT2D eigenvalue weighted by Gasteiger charge is -2.05. The van der Waals surface area contributed by atoms with Crippen LogP contribution in [0.4, 0.5) is 8.78 Å². The van der Waals surface area contributed by atoms with Gasteiger partial charge in [-0.1, -0.05) is 11.6 Å². The van der Waals surface area contributed by atoms with Gasteiger partial charge in [0.05, 0.1) is 4.47 Å². The molecule has 90 valence electrons. The number of aryl methyl sites for hydroxylation is 1. The molecule has 0 spiro atoms. The van der Waals surface area contributed by atoms with Crippen LogP contribution in [0.1, 0.15) is 17.8 Å². The molecule has 0 aromatic carbocycles. The van der Waals surface area contributed by atoms with E-state index in [1.54, 1.807) is 19.1 Å². The molecule has 0 saturated heterocycles. The van der Waals surface area contributed by atoms with Crippen LogP contribution in [0, 0.1) is 6.92 Å². The first-order valence-electron chi connectivity index (χ1n) is 4.66. The Morgan fingerprint density at radius 2 is 2.12 bits per heavy atom. The second-order valence-corrected chi connectivity index (χ2v) is 4.60. The summed E-state index contributed by atoms with van der Waals surface area (Å²) in [6.07, 6.45) is -2.60. The molecule has 2 aromatic heterocycles. The fourth-order valence-corrected chi connectivity index (χ4v) is 1.91. The zero-order valence-corrected chi connectivity index (χ0v) is 11.0. The van der Waals surface area contributed by atoms with Gasteiger partial charge in [-0.05, 0) is 41.1 Å². The molecule has 0 aliphatic heterocycles. The Morgan fingerprint density at radius 1 is 1.41 bits per heavy atom. The summed E-state index contributed by atoms with van der Waals surface area (Å²) in [6, 6.07) is 4.61. The van der Waals surface area contributed by atoms with Crippen molar-refractivity contribution in [3.05, 3.63) is 39.2 Å². The quantitative estimate of drug-likeness (QED) is 0.784. The molecule has 0 bridgehead atoms. The molecule has 0 atom stereocenters. The van der Waals surface area contributed by atoms with Gasteiger partial charge in [0.15, 0.2) is 5.82 Å². The summed E-state index contributed by atoms with van der Waals surface area (Å²) in [7, 11) is 0. The van der Waals surface area contributed by atoms with Crippen LogP contribution in [0.15, 0.2) is 22.7 Å². The van der Waals surface area contributed by atoms with Gasteiger partial charge in [0.2, 0.25) is 0 Å². The van der Waals surface area contributed by atoms with Crippen molar-refractivity contribution in [2.24, 2.45) is 0 Å². The Labute approximate surface area is 110 Å². The first-order chi connectivity index (χ1) is 7.99. The number of rotatable bonds is 2. The van der Waals surface area contributed by atoms with E-state index < -0.39 is 6.43 Å². The molecule has 3 nitrogen and oxygen atoms in total. The van der Waals surface area contributed by atoms with E-state index in [4.69, 9.17) is 11.6 Å². The van der Waals surface area contributed by atoms with E-state index in [0.717, 1.165) is 0 Å². The van der Waals surface area contributed by atoms with E-state index in [1.807, 2.05) is 0 Å². The summed E-state index contributed by atoms with van der Waals surface area (Å²) >= 11 is 9.05. The maximum Gasteiger partial charge on any atom is 0.282 e. The zero-order valence-electron chi connectivity index (χ0n) is 8.66. The lowest BCUT2D eigenvalue weighted by atomic mass is 10.4. The van der Waals surface area contributed by atoms with Gasteiger partial charge in [-0.2, -0.15) is 5.10 Å². The van der Waals surface area contributed by atoms with E-state index in [-0.39, 0.29) is 10.8 Å². The van der Waals surface area contributed by atoms with E-state index in [1.165, 1.54) is 10.7 Å². The zero-order chi connectivity index (χ0) is 12.6. The highest BCUT2D eigenvalue weighted by molar-refractivity contribution is 9.10. The van der Waals surface area contributed by atoms with Gasteiger partial charge >= 0.3 is 0 Å². The van der Waals surface area contributed by atoms with Crippen molar-refractivity contribution in [1.29, 1.82) is 0 Å². The number of aromatic nitrogens is 3. The predicted molar refractivity (Wildman–Crippen MR) is 63.8 cm³/mol. The summed E-state index contributed by atoms with van der Waals surface area (Å²) in [5.41, 5.74) is 0.284. The maximum absolute atomic E-state index is 12.5. The third-order valence-corrected chi connectivity index (χ3v) is 2.95. The van der Waals surface area contributed by atoms with Crippen LogP contribution in [0.5, 0.6) is 0 Å². The Balaban J connectivity index is 2.56. The highest BCUT2D eigenvalue weighted by atomic mass is 79.9. The van der Waals surface area contributed by atoms with Gasteiger partial charge in [0, 0.05) is 5.69 Å². The second-order valence-electron chi connectivity index (χ2n) is 3.36. The smallest absolute Gasteiger partial charge is 0.218 e. The molecule has 7 heteroatoms. The standard InChI is InChI=1S/C10H7BrClF2N3/c1-5-4-7(9(13)14)16-17(5)10-6(11)2-3-8(12)15-10/h2-4,9H,1H3. The van der Waals surface area contributed by atoms with Crippen LogP contribution in [-0.4, -0.2) is 14.8 Å². The normalized spacial score (nSPS) is 11.2. The van der Waals surface area contributed by atoms with Crippen LogP contribution in [0.3, 0.4) is 0 Å². The molecular formula is C10H7BrClF2N3. The maximum atomic E-state index is 12.5. The van der Waals surface area contributed by atoms with E-state index in [0.29, 0.717) is 16.0 Å². The monoisotopic (exact) mass is 321 g/mol. The van der Waals surface area contributed by atoms with E-state index in [2.05, 4.69) is 26.0 Å². The number of hydrogen-bond donors (Lipinski definition) is 0. The summed E-state index contributed by atoms with van der Waals surface area (Å²) < 4.78 is 27.0. The summed E-state index contributed by atoms with van der Waals surface area (Å²) in [5.74, 6) is 0.391. The fraction of sp³-hybridized carbons (Fsp3) is 0.200. The Hall–Kier alpha value is -1.01. The van der Waals surface area contributed by atoms with Gasteiger partial charge in [-0.15, -0.1) is 0 Å². The molecule has 0 N–H and O–H groups in total. The van der Waals surface area contributed by atoms with Gasteiger partial charge in [0.1, 0.15) is 10.8 Å². The summed E-state index contributed by atoms with van der Waals surface area (Å²) in [5, 5.41) is 4.07. The molecule has 0 amide bonds. The van der Waals surface area contributed by atoms with Crippen molar-refractivity contribution in [2.75, 3.05) is 0 Å². The van der Waals surface area contributed by atoms with Crippen molar-refractivity contribution in [3.63, 3.8) is 0 Å². The van der Waals surface area contributed by atoms with Crippen molar-refractivity contribution in [1.82, 2.24) is 14.8 Å². The van der Waals surface area contributed by atoms with Gasteiger partial charge in [-0.25, -0.2) is 18.4 Å². The molecule has 2 aromatic rings. The van der Waals surface area contributed by atoms with Crippen molar-refractivity contribution in [3.8, 4) is 5.82 Å². The van der Waals surface area contributed by atoms with Crippen LogP contribution in [0.25, 0.3) is 5.82 Å². The molecule has 0 unspecified atom stereocenters. The largest absolute Gasteiger partial charge is 0.282 e. The minimum Gasteiger partial charge on any atom is -0.218 e. The average Bonchev–Trinajstić information content (AvgIpc) is 2.64. The van der Waals surface area contributed by atoms with Crippen LogP contribution in [0.2, 0.25) is 5.15 Å². The third-order valence-electron chi connectivity index (χ3n) is 2.12. The van der Waals surface area contributed by atoms with Crippen LogP contribution < -0.4 is 0 Å². The Kier molecular flexibility index (Phi) is 3.44. The van der Waals surface area contributed by atoms with Crippen molar-refractivity contribution in [2.45, 2.75) is 13.3 Å². The topological polar surface area (TPSA) is 30.7 Å². The predicted octanol–water partition coefficient (Wildman–Crippen LogP) is 3.93. The molecule has 2 heterocycles. The number of hydrogen-bond acceptors (Lipinski definition) is 2. The van der Waals surface area contributed by atoms with Gasteiger partial charge in [0.25, 0.3) is 6.43 Å². The van der Waals surface area contributed by atoms with Crippen LogP contribution >= 0.6 is 27.5 Å². The molecule has 17 heavy (non-hydrogen) atoms. The molecule has 0 fully saturated rings. The summed E-state index contributed by atoms with van der Waals surface area (Å²) in [4.78, 5) is 4.05. The molecule has 0 aliphatic rings. The lowest BCUT2D eigenvalue weighted by Crippen LogP contribution is -2.03. The first-order valence-corrected chi connectivity index (χ1v) is 5.83. The Bertz CT molecular complexity index is 556. The highest BCUT2D eigenvalue weighted by Crippen LogP contribution is 2.25. The number of nitrogens with zero attached hydrogens (tertiary/aromatic N) is 3. The fourth-order valence-electron chi connectivity index (χ4n) is 1.38. The number of halogens is 4. The second kappa shape index (κ2) is 4.70. The molecule has 0 aliphatic carbocycles.